The predicted octanol–water partition coefficient (Wildman–Crippen LogP) is 3.52. The monoisotopic (exact) mass is 340 g/mol. The van der Waals surface area contributed by atoms with Gasteiger partial charge in [0.1, 0.15) is 0 Å². The van der Waals surface area contributed by atoms with Crippen LogP contribution >= 0.6 is 0 Å². The molecule has 0 bridgehead atoms. The summed E-state index contributed by atoms with van der Waals surface area (Å²) >= 11 is 0. The molecular weight excluding hydrogens is 308 g/mol. The molecule has 2 aliphatic heterocycles. The molecule has 0 spiro atoms. The van der Waals surface area contributed by atoms with Crippen molar-refractivity contribution in [2.75, 3.05) is 39.8 Å². The normalized spacial score (nSPS) is 20.2. The van der Waals surface area contributed by atoms with Crippen molar-refractivity contribution < 1.29 is 4.74 Å². The van der Waals surface area contributed by atoms with Crippen LogP contribution in [0.3, 0.4) is 0 Å². The second kappa shape index (κ2) is 9.97. The van der Waals surface area contributed by atoms with Crippen LogP contribution < -0.4 is 0 Å². The fraction of sp³-hybridized carbons (Fsp3) is 0.636. The quantitative estimate of drug-likeness (QED) is 0.763. The molecule has 0 unspecified atom stereocenters. The van der Waals surface area contributed by atoms with Crippen LogP contribution in [0, 0.1) is 11.8 Å². The Labute approximate surface area is 153 Å². The van der Waals surface area contributed by atoms with Gasteiger partial charge in [0.2, 0.25) is 0 Å². The van der Waals surface area contributed by atoms with Crippen molar-refractivity contribution >= 4 is 0 Å². The number of hydrogen-bond donors (Lipinski definition) is 0. The molecule has 0 radical (unpaired) electrons. The largest absolute Gasteiger partial charge is 0.381 e. The molecule has 3 nitrogen and oxygen atoms in total. The van der Waals surface area contributed by atoms with E-state index >= 15 is 0 Å². The predicted molar refractivity (Wildman–Crippen MR) is 104 cm³/mol. The van der Waals surface area contributed by atoms with Crippen LogP contribution in [-0.4, -0.2) is 55.7 Å². The average molecular weight is 341 g/mol. The van der Waals surface area contributed by atoms with Gasteiger partial charge in [0.25, 0.3) is 0 Å². The van der Waals surface area contributed by atoms with Crippen LogP contribution in [0.5, 0.6) is 0 Å². The van der Waals surface area contributed by atoms with Gasteiger partial charge >= 0.3 is 0 Å². The van der Waals surface area contributed by atoms with E-state index in [1.807, 2.05) is 7.11 Å². The number of nitrogens with zero attached hydrogens (tertiary/aromatic N) is 2. The molecule has 2 saturated heterocycles. The number of likely N-dealkylation sites (tertiary alicyclic amines) is 2. The van der Waals surface area contributed by atoms with Gasteiger partial charge < -0.3 is 9.64 Å². The highest BCUT2D eigenvalue weighted by atomic mass is 16.5. The summed E-state index contributed by atoms with van der Waals surface area (Å²) < 4.78 is 5.46. The maximum Gasteiger partial charge on any atom is 0.0595 e. The first kappa shape index (κ1) is 18.5. The number of methoxy groups -OCH3 is 1. The summed E-state index contributed by atoms with van der Waals surface area (Å²) in [5.41, 5.74) is 2.53. The molecule has 2 fully saturated rings. The van der Waals surface area contributed by atoms with E-state index in [-0.39, 0.29) is 0 Å². The van der Waals surface area contributed by atoms with Gasteiger partial charge in [-0.15, -0.1) is 0 Å². The number of ether oxygens (including phenoxy) is 1. The van der Waals surface area contributed by atoms with E-state index in [1.165, 1.54) is 37.9 Å². The van der Waals surface area contributed by atoms with E-state index in [2.05, 4.69) is 45.9 Å². The van der Waals surface area contributed by atoms with E-state index in [0.29, 0.717) is 6.10 Å². The van der Waals surface area contributed by atoms with Gasteiger partial charge in [0, 0.05) is 45.3 Å². The topological polar surface area (TPSA) is 15.7 Å². The molecule has 3 rings (SSSR count). The second-order valence-electron chi connectivity index (χ2n) is 7.37. The molecule has 136 valence electrons. The van der Waals surface area contributed by atoms with Gasteiger partial charge in [-0.05, 0) is 56.5 Å². The van der Waals surface area contributed by atoms with E-state index in [9.17, 15) is 0 Å². The van der Waals surface area contributed by atoms with Gasteiger partial charge in [-0.2, -0.15) is 0 Å². The fourth-order valence-electron chi connectivity index (χ4n) is 3.87. The molecule has 2 heterocycles. The van der Waals surface area contributed by atoms with Gasteiger partial charge in [0.05, 0.1) is 6.10 Å². The number of benzene rings is 1. The average Bonchev–Trinajstić information content (AvgIpc) is 2.67. The molecule has 0 atom stereocenters. The Morgan fingerprint density at radius 2 is 1.84 bits per heavy atom. The first-order chi connectivity index (χ1) is 12.3. The summed E-state index contributed by atoms with van der Waals surface area (Å²) in [6, 6.07) is 8.76. The number of hydrogen-bond acceptors (Lipinski definition) is 3. The van der Waals surface area contributed by atoms with Crippen molar-refractivity contribution in [2.24, 2.45) is 0 Å². The lowest BCUT2D eigenvalue weighted by Crippen LogP contribution is -2.36. The van der Waals surface area contributed by atoms with Crippen molar-refractivity contribution in [3.8, 4) is 11.8 Å². The van der Waals surface area contributed by atoms with E-state index in [4.69, 9.17) is 4.74 Å². The Bertz CT molecular complexity index is 575. The van der Waals surface area contributed by atoms with Crippen molar-refractivity contribution in [3.63, 3.8) is 0 Å². The number of piperidine rings is 2. The van der Waals surface area contributed by atoms with E-state index < -0.39 is 0 Å². The Morgan fingerprint density at radius 3 is 2.60 bits per heavy atom. The smallest absolute Gasteiger partial charge is 0.0595 e. The van der Waals surface area contributed by atoms with E-state index in [0.717, 1.165) is 51.0 Å². The summed E-state index contributed by atoms with van der Waals surface area (Å²) in [5.74, 6) is 6.73. The highest BCUT2D eigenvalue weighted by Crippen LogP contribution is 2.16. The zero-order valence-corrected chi connectivity index (χ0v) is 15.7. The van der Waals surface area contributed by atoms with E-state index in [1.54, 1.807) is 0 Å². The minimum absolute atomic E-state index is 0.452. The SMILES string of the molecule is COC1CCN(Cc2cccc(C#CCCN3CCCCC3)c2)CC1. The van der Waals surface area contributed by atoms with Gasteiger partial charge in [-0.25, -0.2) is 0 Å². The highest BCUT2D eigenvalue weighted by Gasteiger charge is 2.18. The van der Waals surface area contributed by atoms with Crippen LogP contribution in [0.15, 0.2) is 24.3 Å². The molecule has 0 aromatic heterocycles. The molecule has 3 heteroatoms. The molecule has 0 aliphatic carbocycles. The summed E-state index contributed by atoms with van der Waals surface area (Å²) in [6.45, 7) is 6.93. The molecule has 25 heavy (non-hydrogen) atoms. The zero-order chi connectivity index (χ0) is 17.3. The van der Waals surface area contributed by atoms with Crippen molar-refractivity contribution in [2.45, 2.75) is 51.2 Å². The molecule has 0 amide bonds. The molecule has 0 N–H and O–H groups in total. The Balaban J connectivity index is 1.46. The van der Waals surface area contributed by atoms with Gasteiger partial charge in [-0.1, -0.05) is 30.4 Å². The lowest BCUT2D eigenvalue weighted by Gasteiger charge is -2.31. The minimum atomic E-state index is 0.452. The Morgan fingerprint density at radius 1 is 1.04 bits per heavy atom. The fourth-order valence-corrected chi connectivity index (χ4v) is 3.87. The van der Waals surface area contributed by atoms with Crippen molar-refractivity contribution in [3.05, 3.63) is 35.4 Å². The first-order valence-corrected chi connectivity index (χ1v) is 9.89. The third kappa shape index (κ3) is 6.15. The van der Waals surface area contributed by atoms with Gasteiger partial charge in [-0.3, -0.25) is 4.90 Å². The summed E-state index contributed by atoms with van der Waals surface area (Å²) in [4.78, 5) is 5.08. The summed E-state index contributed by atoms with van der Waals surface area (Å²) in [7, 11) is 1.83. The van der Waals surface area contributed by atoms with Crippen LogP contribution in [0.4, 0.5) is 0 Å². The summed E-state index contributed by atoms with van der Waals surface area (Å²) in [6.07, 6.45) is 7.84. The van der Waals surface area contributed by atoms with Crippen LogP contribution in [0.25, 0.3) is 0 Å². The maximum atomic E-state index is 5.46. The second-order valence-corrected chi connectivity index (χ2v) is 7.37. The first-order valence-electron chi connectivity index (χ1n) is 9.89. The molecule has 1 aromatic rings. The highest BCUT2D eigenvalue weighted by molar-refractivity contribution is 5.37. The third-order valence-corrected chi connectivity index (χ3v) is 5.44. The van der Waals surface area contributed by atoms with Crippen LogP contribution in [0.2, 0.25) is 0 Å². The van der Waals surface area contributed by atoms with Gasteiger partial charge in [0.15, 0.2) is 0 Å². The molecule has 2 aliphatic rings. The maximum absolute atomic E-state index is 5.46. The standard InChI is InChI=1S/C22H32N2O/c1-25-22-11-16-24(17-12-22)19-21-10-7-9-20(18-21)8-3-6-15-23-13-4-2-5-14-23/h7,9-10,18,22H,2,4-6,11-17,19H2,1H3. The molecule has 0 saturated carbocycles. The van der Waals surface area contributed by atoms with Crippen LogP contribution in [0.1, 0.15) is 49.7 Å². The third-order valence-electron chi connectivity index (χ3n) is 5.44. The summed E-state index contributed by atoms with van der Waals surface area (Å²) in [5, 5.41) is 0. The minimum Gasteiger partial charge on any atom is -0.381 e. The lowest BCUT2D eigenvalue weighted by atomic mass is 10.1. The molecule has 1 aromatic carbocycles. The number of rotatable bonds is 5. The zero-order valence-electron chi connectivity index (χ0n) is 15.7. The Kier molecular flexibility index (Phi) is 7.36. The Hall–Kier alpha value is -1.34. The van der Waals surface area contributed by atoms with Crippen LogP contribution in [-0.2, 0) is 11.3 Å². The lowest BCUT2D eigenvalue weighted by molar-refractivity contribution is 0.0388. The van der Waals surface area contributed by atoms with Crippen molar-refractivity contribution in [1.29, 1.82) is 0 Å². The van der Waals surface area contributed by atoms with Crippen molar-refractivity contribution in [1.82, 2.24) is 9.80 Å². The molecular formula is C22H32N2O.